The van der Waals surface area contributed by atoms with Crippen LogP contribution in [0.1, 0.15) is 15.9 Å². The Hall–Kier alpha value is -1.65. The summed E-state index contributed by atoms with van der Waals surface area (Å²) in [6.45, 7) is -0.168. The highest BCUT2D eigenvalue weighted by atomic mass is 79.9. The highest BCUT2D eigenvalue weighted by Gasteiger charge is 2.11. The molecule has 0 aliphatic heterocycles. The largest absolute Gasteiger partial charge is 0.485 e. The minimum atomic E-state index is -0.112. The topological polar surface area (TPSA) is 46.5 Å². The van der Waals surface area contributed by atoms with E-state index in [0.717, 1.165) is 4.47 Å². The number of aliphatic hydroxyl groups excluding tert-OH is 1. The van der Waals surface area contributed by atoms with Crippen LogP contribution in [0, 0.1) is 0 Å². The normalized spacial score (nSPS) is 10.2. The molecule has 4 heteroatoms. The quantitative estimate of drug-likeness (QED) is 0.860. The van der Waals surface area contributed by atoms with Crippen LogP contribution < -0.4 is 4.74 Å². The Labute approximate surface area is 120 Å². The summed E-state index contributed by atoms with van der Waals surface area (Å²) in [7, 11) is 0. The number of para-hydroxylation sites is 1. The number of aliphatic hydroxyl groups is 1. The van der Waals surface area contributed by atoms with Crippen LogP contribution in [-0.2, 0) is 6.61 Å². The first kappa shape index (κ1) is 13.8. The van der Waals surface area contributed by atoms with Gasteiger partial charge in [0.1, 0.15) is 5.75 Å². The van der Waals surface area contributed by atoms with E-state index in [2.05, 4.69) is 15.9 Å². The molecule has 1 N–H and O–H groups in total. The molecule has 0 radical (unpaired) electrons. The molecule has 0 fully saturated rings. The Morgan fingerprint density at radius 2 is 1.79 bits per heavy atom. The lowest BCUT2D eigenvalue weighted by atomic mass is 10.1. The van der Waals surface area contributed by atoms with Gasteiger partial charge in [0.05, 0.1) is 6.61 Å². The fraction of sp³-hybridized carbons (Fsp3) is 0.133. The van der Waals surface area contributed by atoms with Crippen LogP contribution >= 0.6 is 15.9 Å². The van der Waals surface area contributed by atoms with Crippen molar-refractivity contribution in [3.63, 3.8) is 0 Å². The number of carbonyl (C=O) groups excluding carboxylic acids is 1. The Kier molecular flexibility index (Phi) is 4.71. The van der Waals surface area contributed by atoms with Gasteiger partial charge in [0.15, 0.2) is 6.61 Å². The van der Waals surface area contributed by atoms with E-state index in [1.54, 1.807) is 30.3 Å². The predicted molar refractivity (Wildman–Crippen MR) is 76.3 cm³/mol. The van der Waals surface area contributed by atoms with Gasteiger partial charge < -0.3 is 9.84 Å². The maximum Gasteiger partial charge on any atom is 0.201 e. The molecule has 0 heterocycles. The van der Waals surface area contributed by atoms with Crippen molar-refractivity contribution in [1.82, 2.24) is 0 Å². The molecule has 0 saturated heterocycles. The lowest BCUT2D eigenvalue weighted by Crippen LogP contribution is -2.13. The first-order valence-corrected chi connectivity index (χ1v) is 6.61. The molecule has 0 amide bonds. The molecule has 0 aromatic heterocycles. The number of hydrogen-bond acceptors (Lipinski definition) is 3. The minimum absolute atomic E-state index is 0.0559. The van der Waals surface area contributed by atoms with Gasteiger partial charge in [0.2, 0.25) is 5.78 Å². The van der Waals surface area contributed by atoms with Crippen LogP contribution in [0.2, 0.25) is 0 Å². The molecule has 2 rings (SSSR count). The average Bonchev–Trinajstić information content (AvgIpc) is 2.45. The van der Waals surface area contributed by atoms with Crippen LogP contribution in [0.5, 0.6) is 5.75 Å². The highest BCUT2D eigenvalue weighted by Crippen LogP contribution is 2.20. The molecule has 2 aromatic rings. The number of benzene rings is 2. The second kappa shape index (κ2) is 6.50. The van der Waals surface area contributed by atoms with Gasteiger partial charge in [0.25, 0.3) is 0 Å². The molecular formula is C15H13BrO3. The van der Waals surface area contributed by atoms with Crippen LogP contribution in [-0.4, -0.2) is 17.5 Å². The van der Waals surface area contributed by atoms with Gasteiger partial charge in [0, 0.05) is 15.6 Å². The summed E-state index contributed by atoms with van der Waals surface area (Å²) in [5.41, 5.74) is 1.26. The van der Waals surface area contributed by atoms with Crippen molar-refractivity contribution in [2.45, 2.75) is 6.61 Å². The van der Waals surface area contributed by atoms with Crippen molar-refractivity contribution < 1.29 is 14.6 Å². The maximum atomic E-state index is 12.0. The van der Waals surface area contributed by atoms with E-state index < -0.39 is 0 Å². The number of carbonyl (C=O) groups is 1. The number of rotatable bonds is 5. The number of ether oxygens (including phenoxy) is 1. The molecule has 98 valence electrons. The van der Waals surface area contributed by atoms with E-state index in [0.29, 0.717) is 16.9 Å². The van der Waals surface area contributed by atoms with E-state index in [4.69, 9.17) is 4.74 Å². The summed E-state index contributed by atoms with van der Waals surface area (Å²) in [6, 6.07) is 14.3. The van der Waals surface area contributed by atoms with Crippen LogP contribution in [0.25, 0.3) is 0 Å². The predicted octanol–water partition coefficient (Wildman–Crippen LogP) is 3.20. The molecule has 0 unspecified atom stereocenters. The highest BCUT2D eigenvalue weighted by molar-refractivity contribution is 9.10. The third kappa shape index (κ3) is 3.43. The van der Waals surface area contributed by atoms with Crippen molar-refractivity contribution in [1.29, 1.82) is 0 Å². The molecule has 0 aliphatic rings. The molecule has 2 aromatic carbocycles. The van der Waals surface area contributed by atoms with Gasteiger partial charge >= 0.3 is 0 Å². The fourth-order valence-electron chi connectivity index (χ4n) is 1.68. The van der Waals surface area contributed by atoms with Crippen LogP contribution in [0.3, 0.4) is 0 Å². The molecule has 0 saturated carbocycles. The Morgan fingerprint density at radius 1 is 1.11 bits per heavy atom. The van der Waals surface area contributed by atoms with Gasteiger partial charge in [-0.1, -0.05) is 52.3 Å². The van der Waals surface area contributed by atoms with E-state index in [-0.39, 0.29) is 19.0 Å². The standard InChI is InChI=1S/C15H13BrO3/c16-13-7-3-2-6-12(13)14(18)10-19-15-8-4-1-5-11(15)9-17/h1-8,17H,9-10H2. The van der Waals surface area contributed by atoms with Crippen LogP contribution in [0.4, 0.5) is 0 Å². The lowest BCUT2D eigenvalue weighted by molar-refractivity contribution is 0.0918. The van der Waals surface area contributed by atoms with Gasteiger partial charge in [-0.05, 0) is 12.1 Å². The Bertz CT molecular complexity index is 581. The summed E-state index contributed by atoms with van der Waals surface area (Å²) < 4.78 is 6.22. The van der Waals surface area contributed by atoms with Gasteiger partial charge in [-0.25, -0.2) is 0 Å². The van der Waals surface area contributed by atoms with Crippen LogP contribution in [0.15, 0.2) is 53.0 Å². The van der Waals surface area contributed by atoms with Crippen molar-refractivity contribution in [2.75, 3.05) is 6.61 Å². The zero-order valence-electron chi connectivity index (χ0n) is 10.2. The average molecular weight is 321 g/mol. The third-order valence-corrected chi connectivity index (χ3v) is 3.37. The molecule has 0 bridgehead atoms. The van der Waals surface area contributed by atoms with Gasteiger partial charge in [-0.15, -0.1) is 0 Å². The van der Waals surface area contributed by atoms with Gasteiger partial charge in [-0.2, -0.15) is 0 Å². The third-order valence-electron chi connectivity index (χ3n) is 2.68. The fourth-order valence-corrected chi connectivity index (χ4v) is 2.19. The van der Waals surface area contributed by atoms with Crippen molar-refractivity contribution in [3.05, 3.63) is 64.1 Å². The smallest absolute Gasteiger partial charge is 0.201 e. The number of halogens is 1. The van der Waals surface area contributed by atoms with Gasteiger partial charge in [-0.3, -0.25) is 4.79 Å². The van der Waals surface area contributed by atoms with Crippen molar-refractivity contribution in [3.8, 4) is 5.75 Å². The summed E-state index contributed by atoms with van der Waals surface area (Å²) in [5, 5.41) is 9.17. The van der Waals surface area contributed by atoms with E-state index in [1.807, 2.05) is 18.2 Å². The first-order valence-electron chi connectivity index (χ1n) is 5.81. The summed E-state index contributed by atoms with van der Waals surface area (Å²) in [6.07, 6.45) is 0. The second-order valence-electron chi connectivity index (χ2n) is 3.96. The summed E-state index contributed by atoms with van der Waals surface area (Å²) in [5.74, 6) is 0.422. The maximum absolute atomic E-state index is 12.0. The van der Waals surface area contributed by atoms with E-state index >= 15 is 0 Å². The molecule has 3 nitrogen and oxygen atoms in total. The number of hydrogen-bond donors (Lipinski definition) is 1. The van der Waals surface area contributed by atoms with E-state index in [1.165, 1.54) is 0 Å². The van der Waals surface area contributed by atoms with E-state index in [9.17, 15) is 9.90 Å². The molecule has 0 atom stereocenters. The summed E-state index contributed by atoms with van der Waals surface area (Å²) in [4.78, 5) is 12.0. The van der Waals surface area contributed by atoms with Crippen molar-refractivity contribution >= 4 is 21.7 Å². The summed E-state index contributed by atoms with van der Waals surface area (Å²) >= 11 is 3.33. The second-order valence-corrected chi connectivity index (χ2v) is 4.81. The molecule has 0 spiro atoms. The molecule has 0 aliphatic carbocycles. The Balaban J connectivity index is 2.07. The zero-order valence-corrected chi connectivity index (χ0v) is 11.8. The zero-order chi connectivity index (χ0) is 13.7. The lowest BCUT2D eigenvalue weighted by Gasteiger charge is -2.09. The number of ketones is 1. The first-order chi connectivity index (χ1) is 9.22. The molecular weight excluding hydrogens is 308 g/mol. The number of Topliss-reactive ketones (excluding diaryl/α,β-unsaturated/α-hetero) is 1. The minimum Gasteiger partial charge on any atom is -0.485 e. The van der Waals surface area contributed by atoms with Crippen molar-refractivity contribution in [2.24, 2.45) is 0 Å². The molecule has 19 heavy (non-hydrogen) atoms. The Morgan fingerprint density at radius 3 is 2.53 bits per heavy atom. The SMILES string of the molecule is O=C(COc1ccccc1CO)c1ccccc1Br. The monoisotopic (exact) mass is 320 g/mol.